The smallest absolute Gasteiger partial charge is 0.338 e. The summed E-state index contributed by atoms with van der Waals surface area (Å²) in [5.41, 5.74) is 1.24. The number of carbonyl (C=O) groups is 1. The Morgan fingerprint density at radius 3 is 2.46 bits per heavy atom. The maximum Gasteiger partial charge on any atom is 0.338 e. The molecule has 0 radical (unpaired) electrons. The molecule has 1 unspecified atom stereocenters. The van der Waals surface area contributed by atoms with Gasteiger partial charge in [0.25, 0.3) is 0 Å². The molecule has 2 fully saturated rings. The van der Waals surface area contributed by atoms with Crippen molar-refractivity contribution >= 4 is 5.97 Å². The van der Waals surface area contributed by atoms with Gasteiger partial charge in [0.15, 0.2) is 6.29 Å². The van der Waals surface area contributed by atoms with Gasteiger partial charge in [0.05, 0.1) is 17.8 Å². The van der Waals surface area contributed by atoms with Gasteiger partial charge in [-0.3, -0.25) is 0 Å². The molecule has 1 saturated carbocycles. The Hall–Kier alpha value is -2.17. The molecular formula is C22H24O4. The second kappa shape index (κ2) is 7.22. The normalized spacial score (nSPS) is 31.0. The van der Waals surface area contributed by atoms with E-state index in [1.54, 1.807) is 12.1 Å². The van der Waals surface area contributed by atoms with Crippen LogP contribution in [0.5, 0.6) is 0 Å². The molecule has 2 aliphatic rings. The number of hydrogen-bond donors (Lipinski definition) is 0. The molecule has 4 nitrogen and oxygen atoms in total. The van der Waals surface area contributed by atoms with Crippen molar-refractivity contribution in [2.75, 3.05) is 6.61 Å². The lowest BCUT2D eigenvalue weighted by molar-refractivity contribution is -0.126. The Morgan fingerprint density at radius 2 is 1.73 bits per heavy atom. The summed E-state index contributed by atoms with van der Waals surface area (Å²) < 4.78 is 18.1. The van der Waals surface area contributed by atoms with Gasteiger partial charge in [-0.1, -0.05) is 55.5 Å². The highest BCUT2D eigenvalue weighted by Crippen LogP contribution is 2.45. The number of rotatable bonds is 3. The summed E-state index contributed by atoms with van der Waals surface area (Å²) in [6.45, 7) is 2.72. The second-order valence-electron chi connectivity index (χ2n) is 7.50. The molecule has 4 atom stereocenters. The van der Waals surface area contributed by atoms with E-state index in [-0.39, 0.29) is 24.0 Å². The van der Waals surface area contributed by atoms with E-state index in [1.165, 1.54) is 0 Å². The third-order valence-corrected chi connectivity index (χ3v) is 5.20. The van der Waals surface area contributed by atoms with Crippen LogP contribution >= 0.6 is 0 Å². The number of esters is 1. The molecule has 0 N–H and O–H groups in total. The van der Waals surface area contributed by atoms with Crippen molar-refractivity contribution in [3.63, 3.8) is 0 Å². The molecule has 0 bridgehead atoms. The summed E-state index contributed by atoms with van der Waals surface area (Å²) in [6, 6.07) is 19.1. The van der Waals surface area contributed by atoms with E-state index in [0.717, 1.165) is 18.4 Å². The minimum absolute atomic E-state index is 0.149. The molecule has 2 aromatic carbocycles. The molecule has 136 valence electrons. The van der Waals surface area contributed by atoms with Gasteiger partial charge in [-0.05, 0) is 30.9 Å². The molecule has 0 aromatic heterocycles. The molecule has 1 aliphatic heterocycles. The lowest BCUT2D eigenvalue weighted by Crippen LogP contribution is -2.44. The van der Waals surface area contributed by atoms with Gasteiger partial charge >= 0.3 is 5.97 Å². The monoisotopic (exact) mass is 352 g/mol. The highest BCUT2D eigenvalue weighted by molar-refractivity contribution is 5.89. The van der Waals surface area contributed by atoms with Crippen LogP contribution in [-0.2, 0) is 14.2 Å². The lowest BCUT2D eigenvalue weighted by Gasteiger charge is -2.39. The van der Waals surface area contributed by atoms with Crippen LogP contribution in [0.2, 0.25) is 0 Å². The summed E-state index contributed by atoms with van der Waals surface area (Å²) in [6.07, 6.45) is 1.98. The molecule has 4 heteroatoms. The van der Waals surface area contributed by atoms with E-state index in [2.05, 4.69) is 6.92 Å². The van der Waals surface area contributed by atoms with Gasteiger partial charge in [-0.15, -0.1) is 0 Å². The fraction of sp³-hybridized carbons (Fsp3) is 0.409. The zero-order valence-electron chi connectivity index (χ0n) is 15.0. The molecule has 2 aromatic rings. The Bertz CT molecular complexity index is 745. The largest absolute Gasteiger partial charge is 0.459 e. The summed E-state index contributed by atoms with van der Waals surface area (Å²) in [4.78, 5) is 12.4. The molecule has 1 spiro atoms. The first-order chi connectivity index (χ1) is 12.6. The molecule has 26 heavy (non-hydrogen) atoms. The minimum atomic E-state index is -0.375. The van der Waals surface area contributed by atoms with Crippen LogP contribution in [0.25, 0.3) is 0 Å². The van der Waals surface area contributed by atoms with E-state index < -0.39 is 0 Å². The van der Waals surface area contributed by atoms with Crippen LogP contribution in [-0.4, -0.2) is 24.3 Å². The third-order valence-electron chi connectivity index (χ3n) is 5.20. The fourth-order valence-electron chi connectivity index (χ4n) is 4.14. The fourth-order valence-corrected chi connectivity index (χ4v) is 4.14. The van der Waals surface area contributed by atoms with E-state index in [4.69, 9.17) is 14.2 Å². The number of carbonyl (C=O) groups excluding carboxylic acids is 1. The molecule has 1 saturated heterocycles. The van der Waals surface area contributed by atoms with Crippen LogP contribution in [0.3, 0.4) is 0 Å². The first-order valence-electron chi connectivity index (χ1n) is 9.24. The molecule has 1 aliphatic carbocycles. The highest BCUT2D eigenvalue weighted by atomic mass is 16.7. The zero-order valence-corrected chi connectivity index (χ0v) is 15.0. The Kier molecular flexibility index (Phi) is 4.79. The predicted molar refractivity (Wildman–Crippen MR) is 97.6 cm³/mol. The second-order valence-corrected chi connectivity index (χ2v) is 7.50. The standard InChI is InChI=1S/C22H24O4/c1-16-12-19(25-20(23)17-8-4-2-5-9-17)14-22(13-16)15-24-21(26-22)18-10-6-3-7-11-18/h2-11,16,19,21H,12-15H2,1H3/t16-,19+,21?,22+/m0/s1. The minimum Gasteiger partial charge on any atom is -0.459 e. The van der Waals surface area contributed by atoms with Crippen molar-refractivity contribution < 1.29 is 19.0 Å². The lowest BCUT2D eigenvalue weighted by atomic mass is 9.77. The predicted octanol–water partition coefficient (Wildman–Crippen LogP) is 4.52. The summed E-state index contributed by atoms with van der Waals surface area (Å²) in [5, 5.41) is 0. The Balaban J connectivity index is 1.44. The van der Waals surface area contributed by atoms with Crippen LogP contribution < -0.4 is 0 Å². The Morgan fingerprint density at radius 1 is 1.04 bits per heavy atom. The maximum atomic E-state index is 12.4. The van der Waals surface area contributed by atoms with Crippen LogP contribution in [0, 0.1) is 5.92 Å². The van der Waals surface area contributed by atoms with Gasteiger partial charge in [0.1, 0.15) is 6.10 Å². The zero-order chi connectivity index (χ0) is 18.0. The van der Waals surface area contributed by atoms with Crippen LogP contribution in [0.1, 0.15) is 48.4 Å². The molecular weight excluding hydrogens is 328 g/mol. The van der Waals surface area contributed by atoms with E-state index >= 15 is 0 Å². The van der Waals surface area contributed by atoms with Crippen molar-refractivity contribution in [2.24, 2.45) is 5.92 Å². The number of ether oxygens (including phenoxy) is 3. The SMILES string of the molecule is C[C@H]1C[C@@H](OC(=O)c2ccccc2)C[C@@]2(COC(c3ccccc3)O2)C1. The summed E-state index contributed by atoms with van der Waals surface area (Å²) in [5.74, 6) is 0.147. The van der Waals surface area contributed by atoms with Crippen molar-refractivity contribution in [3.05, 3.63) is 71.8 Å². The maximum absolute atomic E-state index is 12.4. The number of benzene rings is 2. The highest BCUT2D eigenvalue weighted by Gasteiger charge is 2.48. The quantitative estimate of drug-likeness (QED) is 0.762. The van der Waals surface area contributed by atoms with Crippen molar-refractivity contribution in [2.45, 2.75) is 44.2 Å². The van der Waals surface area contributed by atoms with E-state index in [9.17, 15) is 4.79 Å². The average molecular weight is 352 g/mol. The van der Waals surface area contributed by atoms with Gasteiger partial charge in [0.2, 0.25) is 0 Å². The van der Waals surface area contributed by atoms with Gasteiger partial charge in [0, 0.05) is 12.0 Å². The average Bonchev–Trinajstić information content (AvgIpc) is 3.05. The van der Waals surface area contributed by atoms with Crippen LogP contribution in [0.15, 0.2) is 60.7 Å². The van der Waals surface area contributed by atoms with E-state index in [1.807, 2.05) is 48.5 Å². The summed E-state index contributed by atoms with van der Waals surface area (Å²) in [7, 11) is 0. The molecule has 0 amide bonds. The molecule has 1 heterocycles. The third kappa shape index (κ3) is 3.67. The van der Waals surface area contributed by atoms with Crippen molar-refractivity contribution in [3.8, 4) is 0 Å². The van der Waals surface area contributed by atoms with Crippen LogP contribution in [0.4, 0.5) is 0 Å². The number of hydrogen-bond acceptors (Lipinski definition) is 4. The van der Waals surface area contributed by atoms with Gasteiger partial charge < -0.3 is 14.2 Å². The Labute approximate surface area is 154 Å². The molecule has 4 rings (SSSR count). The van der Waals surface area contributed by atoms with Gasteiger partial charge in [-0.25, -0.2) is 4.79 Å². The topological polar surface area (TPSA) is 44.8 Å². The van der Waals surface area contributed by atoms with Gasteiger partial charge in [-0.2, -0.15) is 0 Å². The first-order valence-corrected chi connectivity index (χ1v) is 9.24. The van der Waals surface area contributed by atoms with E-state index in [0.29, 0.717) is 24.5 Å². The van der Waals surface area contributed by atoms with Crippen molar-refractivity contribution in [1.29, 1.82) is 0 Å². The summed E-state index contributed by atoms with van der Waals surface area (Å²) >= 11 is 0. The van der Waals surface area contributed by atoms with Crippen molar-refractivity contribution in [1.82, 2.24) is 0 Å². The first kappa shape index (κ1) is 17.3.